The van der Waals surface area contributed by atoms with Crippen LogP contribution in [-0.4, -0.2) is 34.6 Å². The normalized spacial score (nSPS) is 16.2. The SMILES string of the molecule is C/C(=N\N1CCCCC1)c1ccc(NC(=O)C(Cl)Cl)cc1. The molecule has 1 aromatic carbocycles. The number of alkyl halides is 2. The largest absolute Gasteiger partial charge is 0.324 e. The Hall–Kier alpha value is -1.26. The molecule has 21 heavy (non-hydrogen) atoms. The van der Waals surface area contributed by atoms with E-state index in [1.165, 1.54) is 19.3 Å². The Morgan fingerprint density at radius 2 is 1.81 bits per heavy atom. The van der Waals surface area contributed by atoms with Crippen molar-refractivity contribution in [2.24, 2.45) is 5.10 Å². The Bertz CT molecular complexity index is 508. The zero-order valence-corrected chi connectivity index (χ0v) is 13.5. The summed E-state index contributed by atoms with van der Waals surface area (Å²) < 4.78 is 0. The highest BCUT2D eigenvalue weighted by atomic mass is 35.5. The fourth-order valence-electron chi connectivity index (χ4n) is 2.24. The van der Waals surface area contributed by atoms with E-state index in [2.05, 4.69) is 15.4 Å². The molecule has 0 unspecified atom stereocenters. The fourth-order valence-corrected chi connectivity index (χ4v) is 2.35. The van der Waals surface area contributed by atoms with Crippen LogP contribution in [0.1, 0.15) is 31.7 Å². The Morgan fingerprint density at radius 3 is 2.38 bits per heavy atom. The first-order valence-corrected chi connectivity index (χ1v) is 7.93. The average molecular weight is 328 g/mol. The minimum absolute atomic E-state index is 0.426. The number of benzene rings is 1. The van der Waals surface area contributed by atoms with Gasteiger partial charge in [0, 0.05) is 18.8 Å². The van der Waals surface area contributed by atoms with Gasteiger partial charge >= 0.3 is 0 Å². The van der Waals surface area contributed by atoms with E-state index in [9.17, 15) is 4.79 Å². The summed E-state index contributed by atoms with van der Waals surface area (Å²) in [5, 5.41) is 9.41. The summed E-state index contributed by atoms with van der Waals surface area (Å²) in [4.78, 5) is 10.3. The lowest BCUT2D eigenvalue weighted by Crippen LogP contribution is -2.25. The zero-order valence-electron chi connectivity index (χ0n) is 12.0. The van der Waals surface area contributed by atoms with E-state index in [1.807, 2.05) is 31.2 Å². The topological polar surface area (TPSA) is 44.7 Å². The maximum Gasteiger partial charge on any atom is 0.257 e. The van der Waals surface area contributed by atoms with Gasteiger partial charge in [-0.2, -0.15) is 5.10 Å². The van der Waals surface area contributed by atoms with Gasteiger partial charge in [0.2, 0.25) is 0 Å². The number of hydrazone groups is 1. The van der Waals surface area contributed by atoms with Crippen molar-refractivity contribution >= 4 is 40.5 Å². The summed E-state index contributed by atoms with van der Waals surface area (Å²) in [6.45, 7) is 4.05. The van der Waals surface area contributed by atoms with E-state index in [0.717, 1.165) is 24.4 Å². The lowest BCUT2D eigenvalue weighted by molar-refractivity contribution is -0.114. The third-order valence-electron chi connectivity index (χ3n) is 3.39. The van der Waals surface area contributed by atoms with Gasteiger partial charge < -0.3 is 5.32 Å². The van der Waals surface area contributed by atoms with E-state index in [-0.39, 0.29) is 0 Å². The molecule has 1 aliphatic rings. The molecule has 1 aliphatic heterocycles. The highest BCUT2D eigenvalue weighted by molar-refractivity contribution is 6.54. The maximum atomic E-state index is 11.4. The van der Waals surface area contributed by atoms with Crippen LogP contribution >= 0.6 is 23.2 Å². The number of nitrogens with one attached hydrogen (secondary N) is 1. The van der Waals surface area contributed by atoms with Crippen LogP contribution in [0.3, 0.4) is 0 Å². The Morgan fingerprint density at radius 1 is 1.19 bits per heavy atom. The molecular weight excluding hydrogens is 309 g/mol. The molecule has 2 rings (SSSR count). The van der Waals surface area contributed by atoms with Crippen LogP contribution in [-0.2, 0) is 4.79 Å². The molecule has 1 saturated heterocycles. The first-order chi connectivity index (χ1) is 10.1. The lowest BCUT2D eigenvalue weighted by Gasteiger charge is -2.24. The Balaban J connectivity index is 2.00. The summed E-state index contributed by atoms with van der Waals surface area (Å²) in [6.07, 6.45) is 3.71. The summed E-state index contributed by atoms with van der Waals surface area (Å²) in [7, 11) is 0. The lowest BCUT2D eigenvalue weighted by atomic mass is 10.1. The zero-order chi connectivity index (χ0) is 15.2. The molecule has 0 aliphatic carbocycles. The monoisotopic (exact) mass is 327 g/mol. The minimum atomic E-state index is -1.06. The first kappa shape index (κ1) is 16.1. The van der Waals surface area contributed by atoms with Crippen LogP contribution in [0.5, 0.6) is 0 Å². The molecule has 1 N–H and O–H groups in total. The molecule has 1 heterocycles. The number of hydrogen-bond acceptors (Lipinski definition) is 3. The standard InChI is InChI=1S/C15H19Cl2N3O/c1-11(19-20-9-3-2-4-10-20)12-5-7-13(8-6-12)18-15(21)14(16)17/h5-8,14H,2-4,9-10H2,1H3,(H,18,21)/b19-11+. The van der Waals surface area contributed by atoms with Gasteiger partial charge in [-0.25, -0.2) is 0 Å². The van der Waals surface area contributed by atoms with Gasteiger partial charge in [0.25, 0.3) is 5.91 Å². The molecule has 1 aromatic rings. The molecule has 0 atom stereocenters. The molecule has 0 spiro atoms. The smallest absolute Gasteiger partial charge is 0.257 e. The molecule has 0 saturated carbocycles. The third-order valence-corrected chi connectivity index (χ3v) is 3.79. The number of nitrogens with zero attached hydrogens (tertiary/aromatic N) is 2. The molecule has 6 heteroatoms. The minimum Gasteiger partial charge on any atom is -0.324 e. The molecule has 0 bridgehead atoms. The van der Waals surface area contributed by atoms with Crippen LogP contribution in [0.2, 0.25) is 0 Å². The molecule has 0 aromatic heterocycles. The second-order valence-electron chi connectivity index (χ2n) is 5.07. The van der Waals surface area contributed by atoms with Gasteiger partial charge in [0.05, 0.1) is 5.71 Å². The highest BCUT2D eigenvalue weighted by Gasteiger charge is 2.11. The summed E-state index contributed by atoms with van der Waals surface area (Å²) in [5.41, 5.74) is 2.68. The molecule has 0 radical (unpaired) electrons. The van der Waals surface area contributed by atoms with Gasteiger partial charge in [0.15, 0.2) is 4.84 Å². The second-order valence-corrected chi connectivity index (χ2v) is 6.16. The van der Waals surface area contributed by atoms with Crippen LogP contribution in [0.4, 0.5) is 5.69 Å². The number of amides is 1. The van der Waals surface area contributed by atoms with Gasteiger partial charge in [-0.15, -0.1) is 0 Å². The molecule has 1 amide bonds. The Kier molecular flexibility index (Phi) is 5.88. The van der Waals surface area contributed by atoms with E-state index in [1.54, 1.807) is 0 Å². The fraction of sp³-hybridized carbons (Fsp3) is 0.467. The van der Waals surface area contributed by atoms with E-state index < -0.39 is 10.7 Å². The van der Waals surface area contributed by atoms with Crippen molar-refractivity contribution in [3.8, 4) is 0 Å². The number of anilines is 1. The van der Waals surface area contributed by atoms with Crippen LogP contribution < -0.4 is 5.32 Å². The van der Waals surface area contributed by atoms with Gasteiger partial charge in [-0.1, -0.05) is 35.3 Å². The quantitative estimate of drug-likeness (QED) is 0.677. The van der Waals surface area contributed by atoms with Gasteiger partial charge in [0.1, 0.15) is 0 Å². The maximum absolute atomic E-state index is 11.4. The number of rotatable bonds is 4. The summed E-state index contributed by atoms with van der Waals surface area (Å²) >= 11 is 11.0. The average Bonchev–Trinajstić information content (AvgIpc) is 2.48. The summed E-state index contributed by atoms with van der Waals surface area (Å²) in [6, 6.07) is 7.49. The van der Waals surface area contributed by atoms with Crippen LogP contribution in [0, 0.1) is 0 Å². The third kappa shape index (κ3) is 4.90. The van der Waals surface area contributed by atoms with Crippen molar-refractivity contribution in [1.82, 2.24) is 5.01 Å². The van der Waals surface area contributed by atoms with Crippen molar-refractivity contribution in [3.63, 3.8) is 0 Å². The Labute approximate surface area is 135 Å². The number of hydrogen-bond donors (Lipinski definition) is 1. The van der Waals surface area contributed by atoms with Crippen LogP contribution in [0.25, 0.3) is 0 Å². The molecule has 1 fully saturated rings. The van der Waals surface area contributed by atoms with E-state index in [4.69, 9.17) is 23.2 Å². The number of halogens is 2. The molecular formula is C15H19Cl2N3O. The highest BCUT2D eigenvalue weighted by Crippen LogP contribution is 2.14. The van der Waals surface area contributed by atoms with Crippen molar-refractivity contribution in [1.29, 1.82) is 0 Å². The number of piperidine rings is 1. The van der Waals surface area contributed by atoms with Gasteiger partial charge in [-0.3, -0.25) is 9.80 Å². The van der Waals surface area contributed by atoms with Gasteiger partial charge in [-0.05, 0) is 43.9 Å². The van der Waals surface area contributed by atoms with Crippen LogP contribution in [0.15, 0.2) is 29.4 Å². The van der Waals surface area contributed by atoms with E-state index >= 15 is 0 Å². The number of carbonyl (C=O) groups is 1. The summed E-state index contributed by atoms with van der Waals surface area (Å²) in [5.74, 6) is -0.426. The first-order valence-electron chi connectivity index (χ1n) is 7.06. The predicted molar refractivity (Wildman–Crippen MR) is 88.2 cm³/mol. The van der Waals surface area contributed by atoms with Crippen molar-refractivity contribution in [2.45, 2.75) is 31.0 Å². The molecule has 4 nitrogen and oxygen atoms in total. The molecule has 114 valence electrons. The second kappa shape index (κ2) is 7.66. The predicted octanol–water partition coefficient (Wildman–Crippen LogP) is 3.64. The number of carbonyl (C=O) groups excluding carboxylic acids is 1. The van der Waals surface area contributed by atoms with Crippen molar-refractivity contribution < 1.29 is 4.79 Å². The van der Waals surface area contributed by atoms with Crippen molar-refractivity contribution in [3.05, 3.63) is 29.8 Å². The van der Waals surface area contributed by atoms with E-state index in [0.29, 0.717) is 5.69 Å². The van der Waals surface area contributed by atoms with Crippen molar-refractivity contribution in [2.75, 3.05) is 18.4 Å².